The maximum atomic E-state index is 5.77. The van der Waals surface area contributed by atoms with Gasteiger partial charge < -0.3 is 0 Å². The Morgan fingerprint density at radius 2 is 2.00 bits per heavy atom. The van der Waals surface area contributed by atoms with Crippen LogP contribution in [0, 0.1) is 13.8 Å². The van der Waals surface area contributed by atoms with E-state index in [-0.39, 0.29) is 6.04 Å². The molecule has 21 heavy (non-hydrogen) atoms. The number of halogens is 1. The van der Waals surface area contributed by atoms with Crippen LogP contribution in [0.25, 0.3) is 0 Å². The van der Waals surface area contributed by atoms with Crippen LogP contribution in [0.5, 0.6) is 0 Å². The van der Waals surface area contributed by atoms with Crippen LogP contribution in [0.1, 0.15) is 29.4 Å². The fourth-order valence-corrected chi connectivity index (χ4v) is 3.04. The molecule has 4 nitrogen and oxygen atoms in total. The van der Waals surface area contributed by atoms with E-state index in [1.165, 1.54) is 16.8 Å². The number of nitrogens with one attached hydrogen (secondary N) is 1. The summed E-state index contributed by atoms with van der Waals surface area (Å²) >= 11 is 3.65. The number of aryl methyl sites for hydroxylation is 3. The van der Waals surface area contributed by atoms with E-state index in [0.29, 0.717) is 0 Å². The number of nitrogens with zero attached hydrogens (tertiary/aromatic N) is 2. The quantitative estimate of drug-likeness (QED) is 0.622. The zero-order chi connectivity index (χ0) is 15.4. The van der Waals surface area contributed by atoms with E-state index in [2.05, 4.69) is 64.6 Å². The molecule has 0 fully saturated rings. The Morgan fingerprint density at radius 3 is 2.62 bits per heavy atom. The summed E-state index contributed by atoms with van der Waals surface area (Å²) < 4.78 is 3.14. The molecule has 114 valence electrons. The summed E-state index contributed by atoms with van der Waals surface area (Å²) in [7, 11) is 0. The molecule has 1 aromatic heterocycles. The fraction of sp³-hybridized carbons (Fsp3) is 0.438. The Hall–Kier alpha value is -1.17. The van der Waals surface area contributed by atoms with Crippen molar-refractivity contribution in [2.45, 2.75) is 46.2 Å². The first-order valence-corrected chi connectivity index (χ1v) is 8.08. The van der Waals surface area contributed by atoms with Gasteiger partial charge in [-0.2, -0.15) is 5.10 Å². The van der Waals surface area contributed by atoms with Gasteiger partial charge in [-0.25, -0.2) is 0 Å². The Balaban J connectivity index is 2.18. The van der Waals surface area contributed by atoms with E-state index in [1.807, 2.05) is 11.6 Å². The lowest BCUT2D eigenvalue weighted by Crippen LogP contribution is -2.39. The Labute approximate surface area is 134 Å². The first-order chi connectivity index (χ1) is 10.1. The second-order valence-corrected chi connectivity index (χ2v) is 6.15. The molecular weight excluding hydrogens is 328 g/mol. The molecule has 1 atom stereocenters. The predicted molar refractivity (Wildman–Crippen MR) is 90.0 cm³/mol. The van der Waals surface area contributed by atoms with Gasteiger partial charge in [0.1, 0.15) is 0 Å². The topological polar surface area (TPSA) is 55.9 Å². The SMILES string of the molecule is CCn1nc(C)c(Br)c1CC(Cc1ccccc1C)NN. The molecule has 0 aliphatic carbocycles. The third kappa shape index (κ3) is 3.73. The zero-order valence-electron chi connectivity index (χ0n) is 12.9. The molecular formula is C16H23BrN4. The van der Waals surface area contributed by atoms with Crippen LogP contribution in [-0.4, -0.2) is 15.8 Å². The molecule has 0 amide bonds. The van der Waals surface area contributed by atoms with Crippen molar-refractivity contribution in [3.63, 3.8) is 0 Å². The lowest BCUT2D eigenvalue weighted by Gasteiger charge is -2.18. The van der Waals surface area contributed by atoms with Gasteiger partial charge in [-0.15, -0.1) is 0 Å². The molecule has 5 heteroatoms. The van der Waals surface area contributed by atoms with Crippen LogP contribution >= 0.6 is 15.9 Å². The Bertz CT molecular complexity index is 606. The summed E-state index contributed by atoms with van der Waals surface area (Å²) in [4.78, 5) is 0. The van der Waals surface area contributed by atoms with Crippen LogP contribution in [0.3, 0.4) is 0 Å². The highest BCUT2D eigenvalue weighted by atomic mass is 79.9. The number of rotatable bonds is 6. The second-order valence-electron chi connectivity index (χ2n) is 5.36. The van der Waals surface area contributed by atoms with Gasteiger partial charge in [-0.1, -0.05) is 24.3 Å². The molecule has 2 aromatic rings. The summed E-state index contributed by atoms with van der Waals surface area (Å²) in [6.45, 7) is 7.13. The van der Waals surface area contributed by atoms with E-state index < -0.39 is 0 Å². The van der Waals surface area contributed by atoms with Crippen molar-refractivity contribution in [2.24, 2.45) is 5.84 Å². The Kier molecular flexibility index (Phi) is 5.56. The average Bonchev–Trinajstić information content (AvgIpc) is 2.76. The molecule has 0 aliphatic rings. The van der Waals surface area contributed by atoms with Crippen molar-refractivity contribution in [1.29, 1.82) is 0 Å². The molecule has 3 N–H and O–H groups in total. The normalized spacial score (nSPS) is 12.6. The van der Waals surface area contributed by atoms with Crippen molar-refractivity contribution in [2.75, 3.05) is 0 Å². The molecule has 0 spiro atoms. The minimum Gasteiger partial charge on any atom is -0.271 e. The van der Waals surface area contributed by atoms with E-state index in [4.69, 9.17) is 5.84 Å². The van der Waals surface area contributed by atoms with E-state index in [0.717, 1.165) is 29.6 Å². The third-order valence-electron chi connectivity index (χ3n) is 3.86. The molecule has 0 saturated carbocycles. The van der Waals surface area contributed by atoms with Crippen molar-refractivity contribution in [3.8, 4) is 0 Å². The van der Waals surface area contributed by atoms with Crippen LogP contribution in [0.2, 0.25) is 0 Å². The molecule has 0 aliphatic heterocycles. The Morgan fingerprint density at radius 1 is 1.29 bits per heavy atom. The predicted octanol–water partition coefficient (Wildman–Crippen LogP) is 2.90. The van der Waals surface area contributed by atoms with E-state index in [9.17, 15) is 0 Å². The van der Waals surface area contributed by atoms with Gasteiger partial charge in [0.2, 0.25) is 0 Å². The number of hydrazine groups is 1. The van der Waals surface area contributed by atoms with Gasteiger partial charge in [0.15, 0.2) is 0 Å². The molecule has 2 rings (SSSR count). The lowest BCUT2D eigenvalue weighted by molar-refractivity contribution is 0.494. The summed E-state index contributed by atoms with van der Waals surface area (Å²) in [5.74, 6) is 5.77. The van der Waals surface area contributed by atoms with Gasteiger partial charge in [0.05, 0.1) is 15.9 Å². The summed E-state index contributed by atoms with van der Waals surface area (Å²) in [6.07, 6.45) is 1.75. The fourth-order valence-electron chi connectivity index (χ4n) is 2.59. The first-order valence-electron chi connectivity index (χ1n) is 7.29. The van der Waals surface area contributed by atoms with Gasteiger partial charge >= 0.3 is 0 Å². The van der Waals surface area contributed by atoms with Gasteiger partial charge in [0.25, 0.3) is 0 Å². The second kappa shape index (κ2) is 7.20. The number of nitrogens with two attached hydrogens (primary N) is 1. The summed E-state index contributed by atoms with van der Waals surface area (Å²) in [5.41, 5.74) is 7.81. The lowest BCUT2D eigenvalue weighted by atomic mass is 9.98. The van der Waals surface area contributed by atoms with Crippen molar-refractivity contribution < 1.29 is 0 Å². The van der Waals surface area contributed by atoms with Crippen molar-refractivity contribution in [1.82, 2.24) is 15.2 Å². The minimum atomic E-state index is 0.184. The maximum absolute atomic E-state index is 5.77. The molecule has 0 bridgehead atoms. The summed E-state index contributed by atoms with van der Waals surface area (Å²) in [6, 6.07) is 8.63. The van der Waals surface area contributed by atoms with Crippen LogP contribution < -0.4 is 11.3 Å². The minimum absolute atomic E-state index is 0.184. The molecule has 1 heterocycles. The molecule has 0 radical (unpaired) electrons. The number of benzene rings is 1. The van der Waals surface area contributed by atoms with Gasteiger partial charge in [-0.05, 0) is 54.2 Å². The average molecular weight is 351 g/mol. The maximum Gasteiger partial charge on any atom is 0.0738 e. The number of hydrogen-bond acceptors (Lipinski definition) is 3. The summed E-state index contributed by atoms with van der Waals surface area (Å²) in [5, 5.41) is 4.54. The highest BCUT2D eigenvalue weighted by Crippen LogP contribution is 2.23. The first kappa shape index (κ1) is 16.2. The number of hydrogen-bond donors (Lipinski definition) is 2. The molecule has 1 aromatic carbocycles. The van der Waals surface area contributed by atoms with E-state index in [1.54, 1.807) is 0 Å². The highest BCUT2D eigenvalue weighted by Gasteiger charge is 2.17. The van der Waals surface area contributed by atoms with Gasteiger partial charge in [-0.3, -0.25) is 16.0 Å². The van der Waals surface area contributed by atoms with Crippen LogP contribution in [-0.2, 0) is 19.4 Å². The smallest absolute Gasteiger partial charge is 0.0738 e. The van der Waals surface area contributed by atoms with E-state index >= 15 is 0 Å². The monoisotopic (exact) mass is 350 g/mol. The van der Waals surface area contributed by atoms with Crippen molar-refractivity contribution in [3.05, 3.63) is 51.3 Å². The standard InChI is InChI=1S/C16H23BrN4/c1-4-21-15(16(17)12(3)20-21)10-14(19-18)9-13-8-6-5-7-11(13)2/h5-8,14,19H,4,9-10,18H2,1-3H3. The molecule has 1 unspecified atom stereocenters. The van der Waals surface area contributed by atoms with Crippen LogP contribution in [0.4, 0.5) is 0 Å². The molecule has 0 saturated heterocycles. The van der Waals surface area contributed by atoms with Crippen molar-refractivity contribution >= 4 is 15.9 Å². The third-order valence-corrected chi connectivity index (χ3v) is 4.89. The van der Waals surface area contributed by atoms with Gasteiger partial charge in [0, 0.05) is 19.0 Å². The van der Waals surface area contributed by atoms with Crippen LogP contribution in [0.15, 0.2) is 28.7 Å². The number of aromatic nitrogens is 2. The highest BCUT2D eigenvalue weighted by molar-refractivity contribution is 9.10. The largest absolute Gasteiger partial charge is 0.271 e. The zero-order valence-corrected chi connectivity index (χ0v) is 14.4.